The van der Waals surface area contributed by atoms with Gasteiger partial charge in [-0.1, -0.05) is 32.8 Å². The second kappa shape index (κ2) is 13.5. The summed E-state index contributed by atoms with van der Waals surface area (Å²) in [5.41, 5.74) is 2.43. The van der Waals surface area contributed by atoms with Gasteiger partial charge in [-0.05, 0) is 58.6 Å². The number of thiazole rings is 1. The first-order valence-electron chi connectivity index (χ1n) is 12.4. The predicted octanol–water partition coefficient (Wildman–Crippen LogP) is 6.17. The quantitative estimate of drug-likeness (QED) is 0.501. The summed E-state index contributed by atoms with van der Waals surface area (Å²) in [7, 11) is 0. The molecule has 2 amide bonds. The van der Waals surface area contributed by atoms with Gasteiger partial charge >= 0.3 is 6.09 Å². The number of nitrogens with one attached hydrogen (secondary N) is 1. The third kappa shape index (κ3) is 9.49. The molecule has 7 nitrogen and oxygen atoms in total. The molecule has 0 saturated carbocycles. The maximum absolute atomic E-state index is 11.8. The highest BCUT2D eigenvalue weighted by Crippen LogP contribution is 2.28. The topological polar surface area (TPSA) is 80.8 Å². The Labute approximate surface area is 208 Å². The Hall–Kier alpha value is -2.35. The molecule has 8 heteroatoms. The molecule has 34 heavy (non-hydrogen) atoms. The van der Waals surface area contributed by atoms with Gasteiger partial charge in [-0.25, -0.2) is 9.78 Å². The molecule has 0 bridgehead atoms. The Bertz CT molecular complexity index is 901. The minimum absolute atomic E-state index is 0.0132. The van der Waals surface area contributed by atoms with Gasteiger partial charge in [-0.3, -0.25) is 4.79 Å². The Balaban J connectivity index is 0.000000240. The number of piperidine rings is 1. The number of fused-ring (bicyclic) bond motifs is 1. The summed E-state index contributed by atoms with van der Waals surface area (Å²) in [5.74, 6) is 0.924. The number of hydrogen-bond acceptors (Lipinski definition) is 6. The highest BCUT2D eigenvalue weighted by molar-refractivity contribution is 7.16. The van der Waals surface area contributed by atoms with E-state index in [1.165, 1.54) is 24.5 Å². The Kier molecular flexibility index (Phi) is 11.1. The summed E-state index contributed by atoms with van der Waals surface area (Å²) < 4.78 is 12.6. The number of carbonyl (C=O) groups excluding carboxylic acids is 2. The van der Waals surface area contributed by atoms with Crippen LogP contribution < -0.4 is 10.1 Å². The lowest BCUT2D eigenvalue weighted by Gasteiger charge is -2.33. The lowest BCUT2D eigenvalue weighted by Crippen LogP contribution is -2.47. The molecule has 2 aromatic rings. The van der Waals surface area contributed by atoms with E-state index in [9.17, 15) is 9.59 Å². The standard InChI is InChI=1S/C14H19NOS.C12H22N2O3/c1-3-5-7-11(4-2)16-12-8-6-9-13-14(12)15-10-17-13;1-9(15)13-10-5-7-14(8-6-10)11(16)17-12(2,3)4/h6,8-11H,3-5,7H2,1-2H3;10H,5-8H2,1-4H3,(H,13,15). The number of rotatable bonds is 7. The normalized spacial score (nSPS) is 15.3. The fourth-order valence-electron chi connectivity index (χ4n) is 3.73. The Morgan fingerprint density at radius 1 is 1.24 bits per heavy atom. The smallest absolute Gasteiger partial charge is 0.410 e. The third-order valence-electron chi connectivity index (χ3n) is 5.51. The van der Waals surface area contributed by atoms with Crippen LogP contribution in [0.3, 0.4) is 0 Å². The van der Waals surface area contributed by atoms with Crippen molar-refractivity contribution in [2.75, 3.05) is 13.1 Å². The van der Waals surface area contributed by atoms with Gasteiger partial charge in [0.1, 0.15) is 16.9 Å². The van der Waals surface area contributed by atoms with E-state index >= 15 is 0 Å². The van der Waals surface area contributed by atoms with Crippen LogP contribution in [0, 0.1) is 0 Å². The average molecular weight is 492 g/mol. The highest BCUT2D eigenvalue weighted by atomic mass is 32.1. The zero-order chi connectivity index (χ0) is 25.1. The molecule has 1 aliphatic rings. The number of para-hydroxylation sites is 1. The first-order valence-corrected chi connectivity index (χ1v) is 13.2. The van der Waals surface area contributed by atoms with Gasteiger partial charge in [-0.2, -0.15) is 0 Å². The molecule has 190 valence electrons. The van der Waals surface area contributed by atoms with Crippen molar-refractivity contribution in [3.8, 4) is 5.75 Å². The second-order valence-electron chi connectivity index (χ2n) is 9.69. The van der Waals surface area contributed by atoms with Gasteiger partial charge in [0.2, 0.25) is 5.91 Å². The van der Waals surface area contributed by atoms with E-state index in [0.717, 1.165) is 36.9 Å². The minimum Gasteiger partial charge on any atom is -0.488 e. The first-order chi connectivity index (χ1) is 16.1. The molecular formula is C26H41N3O4S. The van der Waals surface area contributed by atoms with Crippen molar-refractivity contribution < 1.29 is 19.1 Å². The number of amides is 2. The lowest BCUT2D eigenvalue weighted by atomic mass is 10.1. The number of aromatic nitrogens is 1. The summed E-state index contributed by atoms with van der Waals surface area (Å²) in [6.07, 6.45) is 6.28. The van der Waals surface area contributed by atoms with Gasteiger partial charge in [0.25, 0.3) is 0 Å². The molecule has 1 N–H and O–H groups in total. The van der Waals surface area contributed by atoms with Crippen LogP contribution in [-0.4, -0.2) is 52.7 Å². The number of likely N-dealkylation sites (tertiary alicyclic amines) is 1. The molecule has 0 radical (unpaired) electrons. The zero-order valence-electron chi connectivity index (χ0n) is 21.6. The molecule has 0 spiro atoms. The molecule has 1 fully saturated rings. The van der Waals surface area contributed by atoms with Crippen LogP contribution in [0.5, 0.6) is 5.75 Å². The highest BCUT2D eigenvalue weighted by Gasteiger charge is 2.26. The number of carbonyl (C=O) groups is 2. The van der Waals surface area contributed by atoms with Crippen molar-refractivity contribution in [2.24, 2.45) is 0 Å². The van der Waals surface area contributed by atoms with Crippen LogP contribution in [-0.2, 0) is 9.53 Å². The monoisotopic (exact) mass is 491 g/mol. The first kappa shape index (κ1) is 27.9. The molecule has 1 atom stereocenters. The van der Waals surface area contributed by atoms with Crippen LogP contribution in [0.15, 0.2) is 23.7 Å². The summed E-state index contributed by atoms with van der Waals surface area (Å²) in [6.45, 7) is 12.8. The number of ether oxygens (including phenoxy) is 2. The average Bonchev–Trinajstić information content (AvgIpc) is 3.26. The molecular weight excluding hydrogens is 450 g/mol. The Morgan fingerprint density at radius 3 is 2.53 bits per heavy atom. The van der Waals surface area contributed by atoms with Gasteiger partial charge in [-0.15, -0.1) is 11.3 Å². The van der Waals surface area contributed by atoms with E-state index < -0.39 is 5.60 Å². The molecule has 1 unspecified atom stereocenters. The van der Waals surface area contributed by atoms with Crippen molar-refractivity contribution >= 4 is 33.6 Å². The minimum atomic E-state index is -0.453. The molecule has 2 heterocycles. The van der Waals surface area contributed by atoms with Crippen molar-refractivity contribution in [2.45, 2.75) is 97.8 Å². The number of hydrogen-bond donors (Lipinski definition) is 1. The second-order valence-corrected chi connectivity index (χ2v) is 10.6. The van der Waals surface area contributed by atoms with E-state index in [1.807, 2.05) is 38.4 Å². The van der Waals surface area contributed by atoms with E-state index in [2.05, 4.69) is 30.2 Å². The van der Waals surface area contributed by atoms with Gasteiger partial charge in [0.05, 0.1) is 16.3 Å². The molecule has 1 aromatic carbocycles. The number of benzene rings is 1. The van der Waals surface area contributed by atoms with Crippen LogP contribution in [0.1, 0.15) is 80.1 Å². The van der Waals surface area contributed by atoms with Crippen LogP contribution in [0.4, 0.5) is 4.79 Å². The maximum Gasteiger partial charge on any atom is 0.410 e. The fourth-order valence-corrected chi connectivity index (χ4v) is 4.43. The van der Waals surface area contributed by atoms with E-state index in [4.69, 9.17) is 9.47 Å². The van der Waals surface area contributed by atoms with Gasteiger partial charge in [0.15, 0.2) is 0 Å². The van der Waals surface area contributed by atoms with Crippen LogP contribution >= 0.6 is 11.3 Å². The van der Waals surface area contributed by atoms with Gasteiger partial charge in [0, 0.05) is 26.1 Å². The number of nitrogens with zero attached hydrogens (tertiary/aromatic N) is 2. The summed E-state index contributed by atoms with van der Waals surface area (Å²) in [4.78, 5) is 28.7. The SMILES string of the molecule is CC(=O)NC1CCN(C(=O)OC(C)(C)C)CC1.CCCCC(CC)Oc1cccc2scnc12. The summed E-state index contributed by atoms with van der Waals surface area (Å²) in [6, 6.07) is 6.34. The van der Waals surface area contributed by atoms with Gasteiger partial charge < -0.3 is 19.7 Å². The van der Waals surface area contributed by atoms with E-state index in [-0.39, 0.29) is 18.0 Å². The van der Waals surface area contributed by atoms with Crippen molar-refractivity contribution in [1.29, 1.82) is 0 Å². The predicted molar refractivity (Wildman–Crippen MR) is 138 cm³/mol. The maximum atomic E-state index is 11.8. The number of unbranched alkanes of at least 4 members (excludes halogenated alkanes) is 1. The molecule has 1 aliphatic heterocycles. The largest absolute Gasteiger partial charge is 0.488 e. The molecule has 0 aliphatic carbocycles. The summed E-state index contributed by atoms with van der Waals surface area (Å²) >= 11 is 1.66. The summed E-state index contributed by atoms with van der Waals surface area (Å²) in [5, 5.41) is 2.87. The van der Waals surface area contributed by atoms with E-state index in [1.54, 1.807) is 16.2 Å². The molecule has 3 rings (SSSR count). The molecule has 1 saturated heterocycles. The third-order valence-corrected chi connectivity index (χ3v) is 6.30. The van der Waals surface area contributed by atoms with Crippen molar-refractivity contribution in [3.63, 3.8) is 0 Å². The van der Waals surface area contributed by atoms with Crippen LogP contribution in [0.25, 0.3) is 10.2 Å². The van der Waals surface area contributed by atoms with Crippen molar-refractivity contribution in [1.82, 2.24) is 15.2 Å². The molecule has 1 aromatic heterocycles. The zero-order valence-corrected chi connectivity index (χ0v) is 22.4. The Morgan fingerprint density at radius 2 is 1.94 bits per heavy atom. The van der Waals surface area contributed by atoms with Crippen molar-refractivity contribution in [3.05, 3.63) is 23.7 Å². The van der Waals surface area contributed by atoms with E-state index in [0.29, 0.717) is 19.2 Å². The lowest BCUT2D eigenvalue weighted by molar-refractivity contribution is -0.119. The van der Waals surface area contributed by atoms with Crippen LogP contribution in [0.2, 0.25) is 0 Å². The fraction of sp³-hybridized carbons (Fsp3) is 0.654.